The number of fused-ring (bicyclic) bond motifs is 1. The summed E-state index contributed by atoms with van der Waals surface area (Å²) in [6.07, 6.45) is 2.21. The van der Waals surface area contributed by atoms with Crippen molar-refractivity contribution in [3.8, 4) is 0 Å². The van der Waals surface area contributed by atoms with Crippen LogP contribution in [0.4, 0.5) is 10.1 Å². The van der Waals surface area contributed by atoms with E-state index in [0.29, 0.717) is 40.5 Å². The Hall–Kier alpha value is -3.19. The molecule has 0 saturated heterocycles. The predicted octanol–water partition coefficient (Wildman–Crippen LogP) is 5.30. The third kappa shape index (κ3) is 3.57. The van der Waals surface area contributed by atoms with Crippen molar-refractivity contribution < 1.29 is 13.6 Å². The van der Waals surface area contributed by atoms with Crippen molar-refractivity contribution in [3.05, 3.63) is 76.1 Å². The van der Waals surface area contributed by atoms with Crippen molar-refractivity contribution in [1.29, 1.82) is 0 Å². The van der Waals surface area contributed by atoms with Crippen LogP contribution in [0.15, 0.2) is 46.9 Å². The first kappa shape index (κ1) is 18.8. The molecule has 0 spiro atoms. The zero-order chi connectivity index (χ0) is 20.8. The summed E-state index contributed by atoms with van der Waals surface area (Å²) in [5.74, 6) is 0.515. The number of anilines is 1. The van der Waals surface area contributed by atoms with E-state index in [4.69, 9.17) is 16.0 Å². The molecule has 2 aromatic carbocycles. The monoisotopic (exact) mass is 424 g/mol. The molecule has 1 fully saturated rings. The second-order valence-corrected chi connectivity index (χ2v) is 7.86. The lowest BCUT2D eigenvalue weighted by Gasteiger charge is -2.06. The standard InChI is InChI=1S/C22H18ClFN4O2/c1-12-19(20(23)28(27-12)11-13-2-6-15(24)7-3-13)21(29)25-16-8-9-18-17(10-16)26-22(30-18)14-4-5-14/h2-3,6-10,14H,4-5,11H2,1H3,(H,25,29). The minimum atomic E-state index is -0.354. The number of nitrogens with one attached hydrogen (secondary N) is 1. The van der Waals surface area contributed by atoms with Crippen LogP contribution in [0.1, 0.15) is 46.3 Å². The van der Waals surface area contributed by atoms with Gasteiger partial charge in [-0.05, 0) is 55.7 Å². The molecular formula is C22H18ClFN4O2. The molecule has 5 rings (SSSR count). The number of aromatic nitrogens is 3. The highest BCUT2D eigenvalue weighted by atomic mass is 35.5. The molecular weight excluding hydrogens is 407 g/mol. The summed E-state index contributed by atoms with van der Waals surface area (Å²) in [5.41, 5.74) is 3.66. The maximum Gasteiger partial charge on any atom is 0.260 e. The Bertz CT molecular complexity index is 1260. The van der Waals surface area contributed by atoms with Crippen molar-refractivity contribution in [3.63, 3.8) is 0 Å². The van der Waals surface area contributed by atoms with Crippen molar-refractivity contribution >= 4 is 34.3 Å². The van der Waals surface area contributed by atoms with E-state index < -0.39 is 0 Å². The van der Waals surface area contributed by atoms with Gasteiger partial charge in [0, 0.05) is 11.6 Å². The van der Waals surface area contributed by atoms with Crippen LogP contribution < -0.4 is 5.32 Å². The number of oxazole rings is 1. The summed E-state index contributed by atoms with van der Waals surface area (Å²) in [4.78, 5) is 17.4. The summed E-state index contributed by atoms with van der Waals surface area (Å²) in [5, 5.41) is 7.47. The number of aryl methyl sites for hydroxylation is 1. The zero-order valence-electron chi connectivity index (χ0n) is 16.2. The Kier molecular flexibility index (Phi) is 4.55. The number of hydrogen-bond acceptors (Lipinski definition) is 4. The Balaban J connectivity index is 1.37. The fourth-order valence-electron chi connectivity index (χ4n) is 3.40. The molecule has 0 aliphatic heterocycles. The maximum atomic E-state index is 13.1. The first-order valence-corrected chi connectivity index (χ1v) is 10.0. The molecule has 1 amide bonds. The molecule has 152 valence electrons. The average molecular weight is 425 g/mol. The molecule has 2 aromatic heterocycles. The minimum absolute atomic E-state index is 0.229. The highest BCUT2D eigenvalue weighted by molar-refractivity contribution is 6.33. The van der Waals surface area contributed by atoms with E-state index in [1.54, 1.807) is 37.3 Å². The van der Waals surface area contributed by atoms with E-state index in [2.05, 4.69) is 15.4 Å². The molecule has 2 heterocycles. The van der Waals surface area contributed by atoms with Gasteiger partial charge in [-0.25, -0.2) is 14.1 Å². The molecule has 1 N–H and O–H groups in total. The highest BCUT2D eigenvalue weighted by Gasteiger charge is 2.29. The number of rotatable bonds is 5. The molecule has 1 aliphatic rings. The van der Waals surface area contributed by atoms with Gasteiger partial charge in [-0.3, -0.25) is 4.79 Å². The number of carbonyl (C=O) groups excluding carboxylic acids is 1. The van der Waals surface area contributed by atoms with E-state index in [0.717, 1.165) is 24.3 Å². The number of amides is 1. The zero-order valence-corrected chi connectivity index (χ0v) is 16.9. The lowest BCUT2D eigenvalue weighted by atomic mass is 10.2. The summed E-state index contributed by atoms with van der Waals surface area (Å²) in [6.45, 7) is 2.06. The minimum Gasteiger partial charge on any atom is -0.440 e. The fraction of sp³-hybridized carbons (Fsp3) is 0.227. The SMILES string of the molecule is Cc1nn(Cc2ccc(F)cc2)c(Cl)c1C(=O)Nc1ccc2oc(C3CC3)nc2c1. The number of hydrogen-bond donors (Lipinski definition) is 1. The van der Waals surface area contributed by atoms with Gasteiger partial charge in [0.05, 0.1) is 17.8 Å². The summed E-state index contributed by atoms with van der Waals surface area (Å²) >= 11 is 6.45. The smallest absolute Gasteiger partial charge is 0.260 e. The quantitative estimate of drug-likeness (QED) is 0.471. The third-order valence-corrected chi connectivity index (χ3v) is 5.51. The van der Waals surface area contributed by atoms with Crippen LogP contribution in [0.5, 0.6) is 0 Å². The van der Waals surface area contributed by atoms with Crippen LogP contribution in [0, 0.1) is 12.7 Å². The van der Waals surface area contributed by atoms with Crippen molar-refractivity contribution in [2.75, 3.05) is 5.32 Å². The van der Waals surface area contributed by atoms with Crippen LogP contribution in [-0.2, 0) is 6.54 Å². The molecule has 1 saturated carbocycles. The van der Waals surface area contributed by atoms with Gasteiger partial charge in [0.15, 0.2) is 11.5 Å². The van der Waals surface area contributed by atoms with E-state index >= 15 is 0 Å². The van der Waals surface area contributed by atoms with Gasteiger partial charge in [0.25, 0.3) is 5.91 Å². The van der Waals surface area contributed by atoms with Gasteiger partial charge in [0.1, 0.15) is 16.5 Å². The van der Waals surface area contributed by atoms with Crippen LogP contribution in [0.2, 0.25) is 5.15 Å². The average Bonchev–Trinajstić information content (AvgIpc) is 3.42. The second-order valence-electron chi connectivity index (χ2n) is 7.50. The summed E-state index contributed by atoms with van der Waals surface area (Å²) in [6, 6.07) is 11.4. The second kappa shape index (κ2) is 7.25. The molecule has 30 heavy (non-hydrogen) atoms. The number of nitrogens with zero attached hydrogens (tertiary/aromatic N) is 3. The molecule has 1 aliphatic carbocycles. The first-order chi connectivity index (χ1) is 14.5. The van der Waals surface area contributed by atoms with Gasteiger partial charge in [-0.1, -0.05) is 23.7 Å². The van der Waals surface area contributed by atoms with Gasteiger partial charge in [-0.2, -0.15) is 5.10 Å². The van der Waals surface area contributed by atoms with Gasteiger partial charge >= 0.3 is 0 Å². The van der Waals surface area contributed by atoms with Crippen molar-refractivity contribution in [2.45, 2.75) is 32.2 Å². The molecule has 0 atom stereocenters. The molecule has 4 aromatic rings. The summed E-state index contributed by atoms with van der Waals surface area (Å²) in [7, 11) is 0. The van der Waals surface area contributed by atoms with E-state index in [1.165, 1.54) is 16.8 Å². The first-order valence-electron chi connectivity index (χ1n) is 9.67. The van der Waals surface area contributed by atoms with E-state index in [1.807, 2.05) is 0 Å². The molecule has 8 heteroatoms. The summed E-state index contributed by atoms with van der Waals surface area (Å²) < 4.78 is 20.4. The fourth-order valence-corrected chi connectivity index (χ4v) is 3.72. The van der Waals surface area contributed by atoms with Gasteiger partial charge in [-0.15, -0.1) is 0 Å². The van der Waals surface area contributed by atoms with Crippen LogP contribution >= 0.6 is 11.6 Å². The van der Waals surface area contributed by atoms with Crippen molar-refractivity contribution in [2.24, 2.45) is 0 Å². The molecule has 0 unspecified atom stereocenters. The molecule has 0 radical (unpaired) electrons. The largest absolute Gasteiger partial charge is 0.440 e. The highest BCUT2D eigenvalue weighted by Crippen LogP contribution is 2.40. The topological polar surface area (TPSA) is 73.0 Å². The Labute approximate surface area is 176 Å². The Morgan fingerprint density at radius 2 is 2.03 bits per heavy atom. The van der Waals surface area contributed by atoms with Crippen LogP contribution in [0.3, 0.4) is 0 Å². The normalized spacial score (nSPS) is 13.7. The Morgan fingerprint density at radius 1 is 1.27 bits per heavy atom. The van der Waals surface area contributed by atoms with Gasteiger partial charge in [0.2, 0.25) is 0 Å². The van der Waals surface area contributed by atoms with E-state index in [-0.39, 0.29) is 16.9 Å². The lowest BCUT2D eigenvalue weighted by molar-refractivity contribution is 0.102. The Morgan fingerprint density at radius 3 is 2.77 bits per heavy atom. The lowest BCUT2D eigenvalue weighted by Crippen LogP contribution is -2.13. The van der Waals surface area contributed by atoms with Crippen LogP contribution in [-0.4, -0.2) is 20.7 Å². The maximum absolute atomic E-state index is 13.1. The predicted molar refractivity (Wildman–Crippen MR) is 111 cm³/mol. The number of carbonyl (C=O) groups is 1. The molecule has 0 bridgehead atoms. The van der Waals surface area contributed by atoms with Gasteiger partial charge < -0.3 is 9.73 Å². The number of benzene rings is 2. The number of halogens is 2. The van der Waals surface area contributed by atoms with Crippen LogP contribution in [0.25, 0.3) is 11.1 Å². The third-order valence-electron chi connectivity index (χ3n) is 5.13. The molecule has 6 nitrogen and oxygen atoms in total. The van der Waals surface area contributed by atoms with E-state index in [9.17, 15) is 9.18 Å². The van der Waals surface area contributed by atoms with Crippen molar-refractivity contribution in [1.82, 2.24) is 14.8 Å².